The van der Waals surface area contributed by atoms with Gasteiger partial charge < -0.3 is 14.8 Å². The zero-order valence-electron chi connectivity index (χ0n) is 16.0. The second kappa shape index (κ2) is 8.42. The van der Waals surface area contributed by atoms with E-state index in [0.717, 1.165) is 5.56 Å². The number of nitrogens with one attached hydrogen (secondary N) is 1. The van der Waals surface area contributed by atoms with Gasteiger partial charge in [0, 0.05) is 24.8 Å². The van der Waals surface area contributed by atoms with Crippen molar-refractivity contribution in [2.75, 3.05) is 31.6 Å². The molecule has 1 N–H and O–H groups in total. The molecule has 0 aromatic heterocycles. The number of sulfonamides is 1. The molecule has 2 aliphatic rings. The first-order valence-corrected chi connectivity index (χ1v) is 11.3. The summed E-state index contributed by atoms with van der Waals surface area (Å²) in [6.07, 6.45) is 1.32. The number of nitrogens with zero attached hydrogens (tertiary/aromatic N) is 1. The van der Waals surface area contributed by atoms with Gasteiger partial charge in [0.1, 0.15) is 13.2 Å². The highest BCUT2D eigenvalue weighted by Gasteiger charge is 2.32. The maximum atomic E-state index is 12.8. The van der Waals surface area contributed by atoms with Gasteiger partial charge in [-0.25, -0.2) is 12.7 Å². The summed E-state index contributed by atoms with van der Waals surface area (Å²) in [4.78, 5) is 12.8. The topological polar surface area (TPSA) is 84.9 Å². The number of carbonyl (C=O) groups excluding carboxylic acids is 1. The summed E-state index contributed by atoms with van der Waals surface area (Å²) in [5.41, 5.74) is 1.36. The number of hydrogen-bond donors (Lipinski definition) is 1. The fourth-order valence-electron chi connectivity index (χ4n) is 3.65. The Morgan fingerprint density at radius 2 is 1.83 bits per heavy atom. The molecule has 0 saturated carbocycles. The molecule has 2 aliphatic heterocycles. The molecule has 0 aliphatic carbocycles. The smallest absolute Gasteiger partial charge is 0.228 e. The van der Waals surface area contributed by atoms with Crippen LogP contribution < -0.4 is 14.8 Å². The molecule has 2 heterocycles. The monoisotopic (exact) mass is 416 g/mol. The average Bonchev–Trinajstić information content (AvgIpc) is 2.74. The van der Waals surface area contributed by atoms with Gasteiger partial charge in [0.2, 0.25) is 15.9 Å². The third-order valence-electron chi connectivity index (χ3n) is 5.15. The molecule has 0 spiro atoms. The lowest BCUT2D eigenvalue weighted by Crippen LogP contribution is -2.44. The highest BCUT2D eigenvalue weighted by Crippen LogP contribution is 2.33. The van der Waals surface area contributed by atoms with Crippen LogP contribution in [0.4, 0.5) is 5.69 Å². The molecule has 0 unspecified atom stereocenters. The van der Waals surface area contributed by atoms with Crippen LogP contribution in [-0.4, -0.2) is 44.9 Å². The first kappa shape index (κ1) is 19.7. The summed E-state index contributed by atoms with van der Waals surface area (Å²) in [5, 5.41) is 2.89. The van der Waals surface area contributed by atoms with Crippen LogP contribution in [0.3, 0.4) is 0 Å². The Balaban J connectivity index is 1.40. The number of fused-ring (bicyclic) bond motifs is 1. The largest absolute Gasteiger partial charge is 0.486 e. The summed E-state index contributed by atoms with van der Waals surface area (Å²) >= 11 is 0. The Bertz CT molecular complexity index is 978. The van der Waals surface area contributed by atoms with E-state index in [1.54, 1.807) is 30.3 Å². The van der Waals surface area contributed by atoms with E-state index in [-0.39, 0.29) is 24.1 Å². The van der Waals surface area contributed by atoms with E-state index in [2.05, 4.69) is 5.32 Å². The van der Waals surface area contributed by atoms with Crippen LogP contribution in [0.25, 0.3) is 0 Å². The average molecular weight is 416 g/mol. The Morgan fingerprint density at radius 3 is 2.62 bits per heavy atom. The first-order valence-electron chi connectivity index (χ1n) is 9.73. The van der Waals surface area contributed by atoms with Crippen molar-refractivity contribution in [2.24, 2.45) is 5.92 Å². The van der Waals surface area contributed by atoms with Crippen molar-refractivity contribution in [1.29, 1.82) is 0 Å². The Labute approximate surface area is 170 Å². The lowest BCUT2D eigenvalue weighted by Gasteiger charge is -2.31. The molecule has 8 heteroatoms. The maximum absolute atomic E-state index is 12.8. The van der Waals surface area contributed by atoms with Crippen LogP contribution >= 0.6 is 0 Å². The van der Waals surface area contributed by atoms with Crippen molar-refractivity contribution >= 4 is 21.6 Å². The van der Waals surface area contributed by atoms with Crippen LogP contribution in [0, 0.1) is 5.92 Å². The van der Waals surface area contributed by atoms with Crippen molar-refractivity contribution < 1.29 is 22.7 Å². The summed E-state index contributed by atoms with van der Waals surface area (Å²) in [6.45, 7) is 1.63. The molecular weight excluding hydrogens is 392 g/mol. The van der Waals surface area contributed by atoms with Gasteiger partial charge >= 0.3 is 0 Å². The molecule has 0 radical (unpaired) electrons. The molecule has 2 aromatic carbocycles. The molecule has 1 amide bonds. The molecule has 1 atom stereocenters. The Kier molecular flexibility index (Phi) is 5.73. The molecule has 29 heavy (non-hydrogen) atoms. The molecule has 154 valence electrons. The fraction of sp³-hybridized carbons (Fsp3) is 0.381. The van der Waals surface area contributed by atoms with Gasteiger partial charge in [0.15, 0.2) is 11.5 Å². The Morgan fingerprint density at radius 1 is 1.07 bits per heavy atom. The normalized spacial score (nSPS) is 19.5. The number of ether oxygens (including phenoxy) is 2. The predicted octanol–water partition coefficient (Wildman–Crippen LogP) is 2.64. The number of benzene rings is 2. The third kappa shape index (κ3) is 4.71. The predicted molar refractivity (Wildman–Crippen MR) is 109 cm³/mol. The first-order chi connectivity index (χ1) is 14.0. The quantitative estimate of drug-likeness (QED) is 0.810. The zero-order chi connectivity index (χ0) is 20.3. The van der Waals surface area contributed by atoms with Gasteiger partial charge in [-0.05, 0) is 30.5 Å². The molecule has 0 bridgehead atoms. The van der Waals surface area contributed by atoms with E-state index < -0.39 is 10.0 Å². The third-order valence-corrected chi connectivity index (χ3v) is 6.97. The van der Waals surface area contributed by atoms with Gasteiger partial charge in [-0.15, -0.1) is 0 Å². The molecule has 1 fully saturated rings. The maximum Gasteiger partial charge on any atom is 0.228 e. The van der Waals surface area contributed by atoms with Crippen molar-refractivity contribution in [3.8, 4) is 11.5 Å². The van der Waals surface area contributed by atoms with E-state index in [1.807, 2.05) is 18.2 Å². The van der Waals surface area contributed by atoms with Gasteiger partial charge in [0.25, 0.3) is 0 Å². The second-order valence-corrected chi connectivity index (χ2v) is 9.26. The van der Waals surface area contributed by atoms with Crippen LogP contribution in [-0.2, 0) is 20.6 Å². The van der Waals surface area contributed by atoms with Gasteiger partial charge in [0.05, 0.1) is 11.7 Å². The summed E-state index contributed by atoms with van der Waals surface area (Å²) < 4.78 is 38.1. The lowest BCUT2D eigenvalue weighted by atomic mass is 9.98. The lowest BCUT2D eigenvalue weighted by molar-refractivity contribution is -0.120. The standard InChI is InChI=1S/C21H24N2O5S/c24-21(22-18-8-9-19-20(13-18)28-12-11-27-19)17-7-4-10-23(14-17)29(25,26)15-16-5-2-1-3-6-16/h1-3,5-6,8-9,13,17H,4,7,10-12,14-15H2,(H,22,24)/t17-/m0/s1. The van der Waals surface area contributed by atoms with Gasteiger partial charge in [-0.3, -0.25) is 4.79 Å². The number of anilines is 1. The molecule has 1 saturated heterocycles. The van der Waals surface area contributed by atoms with E-state index in [1.165, 1.54) is 4.31 Å². The van der Waals surface area contributed by atoms with Crippen molar-refractivity contribution in [3.05, 3.63) is 54.1 Å². The highest BCUT2D eigenvalue weighted by atomic mass is 32.2. The van der Waals surface area contributed by atoms with E-state index >= 15 is 0 Å². The fourth-order valence-corrected chi connectivity index (χ4v) is 5.26. The number of carbonyl (C=O) groups is 1. The molecule has 7 nitrogen and oxygen atoms in total. The summed E-state index contributed by atoms with van der Waals surface area (Å²) in [7, 11) is -3.47. The van der Waals surface area contributed by atoms with Crippen molar-refractivity contribution in [3.63, 3.8) is 0 Å². The van der Waals surface area contributed by atoms with Gasteiger partial charge in [-0.1, -0.05) is 30.3 Å². The van der Waals surface area contributed by atoms with Crippen LogP contribution in [0.15, 0.2) is 48.5 Å². The van der Waals surface area contributed by atoms with Gasteiger partial charge in [-0.2, -0.15) is 0 Å². The minimum Gasteiger partial charge on any atom is -0.486 e. The van der Waals surface area contributed by atoms with Crippen LogP contribution in [0.1, 0.15) is 18.4 Å². The molecular formula is C21H24N2O5S. The highest BCUT2D eigenvalue weighted by molar-refractivity contribution is 7.88. The van der Waals surface area contributed by atoms with Crippen LogP contribution in [0.5, 0.6) is 11.5 Å². The Hall–Kier alpha value is -2.58. The number of hydrogen-bond acceptors (Lipinski definition) is 5. The van der Waals surface area contributed by atoms with Crippen molar-refractivity contribution in [2.45, 2.75) is 18.6 Å². The van der Waals surface area contributed by atoms with E-state index in [9.17, 15) is 13.2 Å². The molecule has 2 aromatic rings. The zero-order valence-corrected chi connectivity index (χ0v) is 16.9. The van der Waals surface area contributed by atoms with Crippen LogP contribution in [0.2, 0.25) is 0 Å². The van der Waals surface area contributed by atoms with E-state index in [0.29, 0.717) is 49.8 Å². The summed E-state index contributed by atoms with van der Waals surface area (Å²) in [6, 6.07) is 14.4. The van der Waals surface area contributed by atoms with Crippen molar-refractivity contribution in [1.82, 2.24) is 4.31 Å². The number of amides is 1. The SMILES string of the molecule is O=C(Nc1ccc2c(c1)OCCO2)[C@H]1CCCN(S(=O)(=O)Cc2ccccc2)C1. The number of piperidine rings is 1. The van der Waals surface area contributed by atoms with E-state index in [4.69, 9.17) is 9.47 Å². The molecule has 4 rings (SSSR count). The number of rotatable bonds is 5. The minimum atomic E-state index is -3.47. The second-order valence-electron chi connectivity index (χ2n) is 7.29. The summed E-state index contributed by atoms with van der Waals surface area (Å²) in [5.74, 6) is 0.642. The minimum absolute atomic E-state index is 0.0512.